The molecule has 0 radical (unpaired) electrons. The molecule has 1 heterocycles. The second-order valence-electron chi connectivity index (χ2n) is 9.56. The van der Waals surface area contributed by atoms with Gasteiger partial charge < -0.3 is 15.1 Å². The summed E-state index contributed by atoms with van der Waals surface area (Å²) < 4.78 is 0. The second-order valence-corrected chi connectivity index (χ2v) is 9.56. The van der Waals surface area contributed by atoms with Gasteiger partial charge in [-0.3, -0.25) is 9.59 Å². The van der Waals surface area contributed by atoms with E-state index in [0.717, 1.165) is 41.8 Å². The molecule has 2 amide bonds. The highest BCUT2D eigenvalue weighted by molar-refractivity contribution is 6.10. The largest absolute Gasteiger partial charge is 0.378 e. The first kappa shape index (κ1) is 24.3. The van der Waals surface area contributed by atoms with Crippen LogP contribution in [0.25, 0.3) is 11.1 Å². The molecule has 0 spiro atoms. The van der Waals surface area contributed by atoms with E-state index in [1.165, 1.54) is 5.56 Å². The minimum absolute atomic E-state index is 0.0151. The SMILES string of the molecule is CN(C)c1ccc(-c2ccccc2C(=O)Nc2ccc(C(=O)N3CCCCc4ccccc43)cc2)cc1. The van der Waals surface area contributed by atoms with Crippen molar-refractivity contribution in [1.82, 2.24) is 0 Å². The number of nitrogens with one attached hydrogen (secondary N) is 1. The minimum atomic E-state index is -0.187. The number of hydrogen-bond acceptors (Lipinski definition) is 3. The van der Waals surface area contributed by atoms with Crippen LogP contribution in [-0.4, -0.2) is 32.5 Å². The van der Waals surface area contributed by atoms with E-state index in [1.807, 2.05) is 90.6 Å². The summed E-state index contributed by atoms with van der Waals surface area (Å²) in [5.41, 5.74) is 7.02. The second kappa shape index (κ2) is 10.7. The number of benzene rings is 4. The number of carbonyl (C=O) groups is 2. The lowest BCUT2D eigenvalue weighted by Gasteiger charge is -2.23. The highest BCUT2D eigenvalue weighted by Gasteiger charge is 2.22. The molecule has 0 saturated carbocycles. The summed E-state index contributed by atoms with van der Waals surface area (Å²) in [5, 5.41) is 3.00. The van der Waals surface area contributed by atoms with Crippen molar-refractivity contribution in [1.29, 1.82) is 0 Å². The number of para-hydroxylation sites is 1. The van der Waals surface area contributed by atoms with Crippen LogP contribution in [0, 0.1) is 0 Å². The molecule has 0 bridgehead atoms. The molecule has 0 atom stereocenters. The van der Waals surface area contributed by atoms with Crippen molar-refractivity contribution in [2.45, 2.75) is 19.3 Å². The van der Waals surface area contributed by atoms with Crippen molar-refractivity contribution in [3.8, 4) is 11.1 Å². The number of aryl methyl sites for hydroxylation is 1. The quantitative estimate of drug-likeness (QED) is 0.341. The summed E-state index contributed by atoms with van der Waals surface area (Å²) in [4.78, 5) is 30.5. The van der Waals surface area contributed by atoms with E-state index < -0.39 is 0 Å². The Morgan fingerprint density at radius 3 is 2.24 bits per heavy atom. The summed E-state index contributed by atoms with van der Waals surface area (Å²) in [6.45, 7) is 0.709. The number of rotatable bonds is 5. The lowest BCUT2D eigenvalue weighted by atomic mass is 9.98. The normalized spacial score (nSPS) is 12.9. The van der Waals surface area contributed by atoms with Crippen LogP contribution >= 0.6 is 0 Å². The molecule has 5 heteroatoms. The Kier molecular flexibility index (Phi) is 7.04. The Balaban J connectivity index is 1.33. The zero-order valence-electron chi connectivity index (χ0n) is 21.3. The number of carbonyl (C=O) groups excluding carboxylic acids is 2. The van der Waals surface area contributed by atoms with Gasteiger partial charge in [-0.1, -0.05) is 48.5 Å². The van der Waals surface area contributed by atoms with Gasteiger partial charge in [-0.2, -0.15) is 0 Å². The van der Waals surface area contributed by atoms with Crippen molar-refractivity contribution in [3.05, 3.63) is 114 Å². The third-order valence-electron chi connectivity index (χ3n) is 6.86. The first-order valence-electron chi connectivity index (χ1n) is 12.7. The van der Waals surface area contributed by atoms with Gasteiger partial charge in [0.15, 0.2) is 0 Å². The first-order valence-corrected chi connectivity index (χ1v) is 12.7. The first-order chi connectivity index (χ1) is 18.0. The molecule has 0 aliphatic carbocycles. The summed E-state index contributed by atoms with van der Waals surface area (Å²) in [7, 11) is 4.00. The number of hydrogen-bond donors (Lipinski definition) is 1. The van der Waals surface area contributed by atoms with Crippen molar-refractivity contribution in [2.75, 3.05) is 35.8 Å². The monoisotopic (exact) mass is 489 g/mol. The average molecular weight is 490 g/mol. The maximum absolute atomic E-state index is 13.4. The molecule has 4 aromatic carbocycles. The van der Waals surface area contributed by atoms with Gasteiger partial charge in [-0.25, -0.2) is 0 Å². The van der Waals surface area contributed by atoms with Gasteiger partial charge in [0, 0.05) is 48.8 Å². The molecule has 1 aliphatic heterocycles. The van der Waals surface area contributed by atoms with Crippen LogP contribution in [-0.2, 0) is 6.42 Å². The zero-order chi connectivity index (χ0) is 25.8. The van der Waals surface area contributed by atoms with E-state index in [2.05, 4.69) is 11.4 Å². The molecule has 4 aromatic rings. The topological polar surface area (TPSA) is 52.7 Å². The molecule has 0 saturated heterocycles. The molecule has 1 N–H and O–H groups in total. The van der Waals surface area contributed by atoms with Crippen LogP contribution in [0.2, 0.25) is 0 Å². The summed E-state index contributed by atoms with van der Waals surface area (Å²) in [5.74, 6) is -0.202. The van der Waals surface area contributed by atoms with E-state index in [4.69, 9.17) is 0 Å². The van der Waals surface area contributed by atoms with Crippen LogP contribution < -0.4 is 15.1 Å². The van der Waals surface area contributed by atoms with Crippen LogP contribution in [0.4, 0.5) is 17.1 Å². The van der Waals surface area contributed by atoms with Gasteiger partial charge in [0.05, 0.1) is 0 Å². The van der Waals surface area contributed by atoms with Gasteiger partial charge in [0.1, 0.15) is 0 Å². The lowest BCUT2D eigenvalue weighted by molar-refractivity contribution is 0.0985. The zero-order valence-corrected chi connectivity index (χ0v) is 21.3. The third-order valence-corrected chi connectivity index (χ3v) is 6.86. The highest BCUT2D eigenvalue weighted by atomic mass is 16.2. The third kappa shape index (κ3) is 5.26. The van der Waals surface area contributed by atoms with Crippen LogP contribution in [0.15, 0.2) is 97.1 Å². The number of anilines is 3. The predicted molar refractivity (Wildman–Crippen MR) is 152 cm³/mol. The van der Waals surface area contributed by atoms with Gasteiger partial charge in [0.25, 0.3) is 11.8 Å². The van der Waals surface area contributed by atoms with E-state index in [9.17, 15) is 9.59 Å². The van der Waals surface area contributed by atoms with Crippen LogP contribution in [0.5, 0.6) is 0 Å². The molecule has 186 valence electrons. The molecule has 37 heavy (non-hydrogen) atoms. The Morgan fingerprint density at radius 2 is 1.49 bits per heavy atom. The molecule has 1 aliphatic rings. The minimum Gasteiger partial charge on any atom is -0.378 e. The number of fused-ring (bicyclic) bond motifs is 1. The van der Waals surface area contributed by atoms with E-state index in [0.29, 0.717) is 23.4 Å². The smallest absolute Gasteiger partial charge is 0.258 e. The Hall–Kier alpha value is -4.38. The molecule has 0 unspecified atom stereocenters. The van der Waals surface area contributed by atoms with Crippen molar-refractivity contribution in [2.24, 2.45) is 0 Å². The number of nitrogens with zero attached hydrogens (tertiary/aromatic N) is 2. The van der Waals surface area contributed by atoms with Crippen LogP contribution in [0.3, 0.4) is 0 Å². The fourth-order valence-electron chi connectivity index (χ4n) is 4.82. The summed E-state index contributed by atoms with van der Waals surface area (Å²) >= 11 is 0. The Labute approximate surface area is 218 Å². The molecular formula is C32H31N3O2. The standard InChI is InChI=1S/C32H31N3O2/c1-34(2)27-20-16-23(17-21-27)28-11-4-5-12-29(28)31(36)33-26-18-14-25(15-19-26)32(37)35-22-8-7-10-24-9-3-6-13-30(24)35/h3-6,9,11-21H,7-8,10,22H2,1-2H3,(H,33,36). The van der Waals surface area contributed by atoms with Crippen molar-refractivity contribution < 1.29 is 9.59 Å². The van der Waals surface area contributed by atoms with Gasteiger partial charge >= 0.3 is 0 Å². The van der Waals surface area contributed by atoms with E-state index in [-0.39, 0.29) is 11.8 Å². The molecule has 0 aromatic heterocycles. The molecule has 0 fully saturated rings. The van der Waals surface area contributed by atoms with Crippen molar-refractivity contribution in [3.63, 3.8) is 0 Å². The van der Waals surface area contributed by atoms with Crippen LogP contribution in [0.1, 0.15) is 39.1 Å². The molecular weight excluding hydrogens is 458 g/mol. The highest BCUT2D eigenvalue weighted by Crippen LogP contribution is 2.29. The van der Waals surface area contributed by atoms with Gasteiger partial charge in [-0.15, -0.1) is 0 Å². The van der Waals surface area contributed by atoms with Crippen molar-refractivity contribution >= 4 is 28.9 Å². The molecule has 5 rings (SSSR count). The van der Waals surface area contributed by atoms with Gasteiger partial charge in [-0.05, 0) is 84.5 Å². The fraction of sp³-hybridized carbons (Fsp3) is 0.188. The summed E-state index contributed by atoms with van der Waals surface area (Å²) in [6.07, 6.45) is 3.05. The number of amides is 2. The predicted octanol–water partition coefficient (Wildman–Crippen LogP) is 6.66. The maximum atomic E-state index is 13.4. The van der Waals surface area contributed by atoms with E-state index >= 15 is 0 Å². The summed E-state index contributed by atoms with van der Waals surface area (Å²) in [6, 6.07) is 31.1. The average Bonchev–Trinajstić information content (AvgIpc) is 3.16. The Morgan fingerprint density at radius 1 is 0.784 bits per heavy atom. The lowest BCUT2D eigenvalue weighted by Crippen LogP contribution is -2.31. The Bertz CT molecular complexity index is 1410. The molecule has 5 nitrogen and oxygen atoms in total. The van der Waals surface area contributed by atoms with E-state index in [1.54, 1.807) is 24.3 Å². The van der Waals surface area contributed by atoms with Gasteiger partial charge in [0.2, 0.25) is 0 Å². The maximum Gasteiger partial charge on any atom is 0.258 e. The fourth-order valence-corrected chi connectivity index (χ4v) is 4.82.